The van der Waals surface area contributed by atoms with Crippen LogP contribution in [-0.4, -0.2) is 60.3 Å². The molecule has 0 bridgehead atoms. The van der Waals surface area contributed by atoms with E-state index in [-0.39, 0.29) is 29.3 Å². The van der Waals surface area contributed by atoms with E-state index in [0.717, 1.165) is 37.1 Å². The van der Waals surface area contributed by atoms with Crippen molar-refractivity contribution in [2.75, 3.05) is 26.2 Å². The van der Waals surface area contributed by atoms with Gasteiger partial charge in [0.25, 0.3) is 0 Å². The minimum absolute atomic E-state index is 0.0785. The first-order valence-electron chi connectivity index (χ1n) is 14.6. The van der Waals surface area contributed by atoms with Crippen LogP contribution >= 0.6 is 11.6 Å². The molecule has 0 aliphatic carbocycles. The summed E-state index contributed by atoms with van der Waals surface area (Å²) in [4.78, 5) is 17.6. The fraction of sp³-hybridized carbons (Fsp3) is 0.324. The van der Waals surface area contributed by atoms with E-state index in [1.54, 1.807) is 29.3 Å². The van der Waals surface area contributed by atoms with Crippen LogP contribution in [0.2, 0.25) is 5.02 Å². The second-order valence-electron chi connectivity index (χ2n) is 10.8. The summed E-state index contributed by atoms with van der Waals surface area (Å²) in [6.07, 6.45) is 3.40. The smallest absolute Gasteiger partial charge is 0.416 e. The molecule has 2 aliphatic heterocycles. The quantitative estimate of drug-likeness (QED) is 0.250. The largest absolute Gasteiger partial charge is 0.465 e. The van der Waals surface area contributed by atoms with E-state index in [0.29, 0.717) is 19.7 Å². The van der Waals surface area contributed by atoms with Crippen LogP contribution in [0.15, 0.2) is 103 Å². The van der Waals surface area contributed by atoms with Crippen LogP contribution in [0.3, 0.4) is 0 Å². The predicted octanol–water partition coefficient (Wildman–Crippen LogP) is 6.47. The maximum absolute atomic E-state index is 14.1. The third-order valence-electron chi connectivity index (χ3n) is 7.67. The van der Waals surface area contributed by atoms with Crippen molar-refractivity contribution in [2.24, 2.45) is 0 Å². The van der Waals surface area contributed by atoms with E-state index in [1.807, 2.05) is 53.4 Å². The predicted molar refractivity (Wildman–Crippen MR) is 164 cm³/mol. The summed E-state index contributed by atoms with van der Waals surface area (Å²) in [5.41, 5.74) is 1.36. The van der Waals surface area contributed by atoms with Crippen LogP contribution in [0, 0.1) is 0 Å². The number of carbonyl (C=O) groups excluding carboxylic acids is 1. The number of halogens is 4. The SMILES string of the molecule is O=C([C@@H](COCc1ccccc1)N1C=CC=CC1Oc1ccc(C(F)(F)F)cc1Cl)N1CC[C@@H](NCCc2ccccc2)C1. The van der Waals surface area contributed by atoms with Crippen LogP contribution in [-0.2, 0) is 28.7 Å². The molecule has 1 saturated heterocycles. The molecule has 6 nitrogen and oxygen atoms in total. The van der Waals surface area contributed by atoms with Crippen LogP contribution in [0.25, 0.3) is 0 Å². The van der Waals surface area contributed by atoms with Gasteiger partial charge in [0.2, 0.25) is 5.91 Å². The number of hydrogen-bond acceptors (Lipinski definition) is 5. The lowest BCUT2D eigenvalue weighted by molar-refractivity contribution is -0.140. The van der Waals surface area contributed by atoms with Crippen molar-refractivity contribution < 1.29 is 27.4 Å². The Morgan fingerprint density at radius 3 is 2.43 bits per heavy atom. The second kappa shape index (κ2) is 14.8. The fourth-order valence-corrected chi connectivity index (χ4v) is 5.55. The molecule has 10 heteroatoms. The molecule has 3 atom stereocenters. The third-order valence-corrected chi connectivity index (χ3v) is 7.96. The Labute approximate surface area is 260 Å². The van der Waals surface area contributed by atoms with E-state index in [9.17, 15) is 18.0 Å². The molecular formula is C34H35ClF3N3O3. The van der Waals surface area contributed by atoms with Gasteiger partial charge in [-0.1, -0.05) is 78.3 Å². The number of likely N-dealkylation sites (tertiary alicyclic amines) is 1. The van der Waals surface area contributed by atoms with Gasteiger partial charge in [-0.05, 0) is 60.9 Å². The number of allylic oxidation sites excluding steroid dienone is 2. The molecule has 1 unspecified atom stereocenters. The number of benzene rings is 3. The molecule has 3 aromatic carbocycles. The summed E-state index contributed by atoms with van der Waals surface area (Å²) in [5, 5.41) is 3.41. The number of rotatable bonds is 12. The number of amides is 1. The highest BCUT2D eigenvalue weighted by molar-refractivity contribution is 6.32. The van der Waals surface area contributed by atoms with Gasteiger partial charge in [-0.2, -0.15) is 13.2 Å². The molecule has 5 rings (SSSR count). The number of nitrogens with one attached hydrogen (secondary N) is 1. The molecule has 0 saturated carbocycles. The van der Waals surface area contributed by atoms with E-state index < -0.39 is 24.0 Å². The lowest BCUT2D eigenvalue weighted by Gasteiger charge is -2.38. The number of hydrogen-bond donors (Lipinski definition) is 1. The highest BCUT2D eigenvalue weighted by atomic mass is 35.5. The Morgan fingerprint density at radius 2 is 1.73 bits per heavy atom. The van der Waals surface area contributed by atoms with Crippen molar-refractivity contribution in [3.05, 3.63) is 125 Å². The van der Waals surface area contributed by atoms with Crippen molar-refractivity contribution in [1.29, 1.82) is 0 Å². The third kappa shape index (κ3) is 8.43. The zero-order valence-corrected chi connectivity index (χ0v) is 24.9. The molecule has 44 heavy (non-hydrogen) atoms. The molecule has 1 amide bonds. The Hall–Kier alpha value is -3.79. The molecule has 2 heterocycles. The lowest BCUT2D eigenvalue weighted by atomic mass is 10.1. The van der Waals surface area contributed by atoms with E-state index in [2.05, 4.69) is 17.4 Å². The Morgan fingerprint density at radius 1 is 1.00 bits per heavy atom. The lowest BCUT2D eigenvalue weighted by Crippen LogP contribution is -2.53. The van der Waals surface area contributed by atoms with Gasteiger partial charge in [0.1, 0.15) is 11.8 Å². The van der Waals surface area contributed by atoms with Crippen LogP contribution in [0.1, 0.15) is 23.1 Å². The van der Waals surface area contributed by atoms with Crippen LogP contribution < -0.4 is 10.1 Å². The average Bonchev–Trinajstić information content (AvgIpc) is 3.50. The summed E-state index contributed by atoms with van der Waals surface area (Å²) in [7, 11) is 0. The second-order valence-corrected chi connectivity index (χ2v) is 11.2. The fourth-order valence-electron chi connectivity index (χ4n) is 5.33. The maximum atomic E-state index is 14.1. The van der Waals surface area contributed by atoms with Crippen molar-refractivity contribution >= 4 is 17.5 Å². The van der Waals surface area contributed by atoms with Gasteiger partial charge in [0, 0.05) is 25.3 Å². The Balaban J connectivity index is 1.28. The molecule has 1 N–H and O–H groups in total. The van der Waals surface area contributed by atoms with Gasteiger partial charge in [-0.25, -0.2) is 0 Å². The zero-order chi connectivity index (χ0) is 30.9. The number of nitrogens with zero attached hydrogens (tertiary/aromatic N) is 2. The van der Waals surface area contributed by atoms with Crippen molar-refractivity contribution in [3.8, 4) is 5.75 Å². The Bertz CT molecular complexity index is 1440. The standard InChI is InChI=1S/C34H35ClF3N3O3/c35-29-21-27(34(36,37)38)14-15-31(29)44-32-13-7-8-19-41(32)30(24-43-23-26-11-5-2-6-12-26)33(42)40-20-17-28(22-40)39-18-16-25-9-3-1-4-10-25/h1-15,19,21,28,30,32,39H,16-18,20,22-24H2/t28-,30-,32?/m1/s1. The first kappa shape index (κ1) is 31.6. The minimum atomic E-state index is -4.53. The highest BCUT2D eigenvalue weighted by Gasteiger charge is 2.37. The van der Waals surface area contributed by atoms with Gasteiger partial charge in [0.15, 0.2) is 6.23 Å². The first-order chi connectivity index (χ1) is 21.3. The van der Waals surface area contributed by atoms with E-state index in [4.69, 9.17) is 21.1 Å². The van der Waals surface area contributed by atoms with Gasteiger partial charge in [0.05, 0.1) is 23.8 Å². The Kier molecular flexibility index (Phi) is 10.6. The molecular weight excluding hydrogens is 591 g/mol. The van der Waals surface area contributed by atoms with Crippen molar-refractivity contribution in [3.63, 3.8) is 0 Å². The zero-order valence-electron chi connectivity index (χ0n) is 24.1. The van der Waals surface area contributed by atoms with Crippen molar-refractivity contribution in [1.82, 2.24) is 15.1 Å². The first-order valence-corrected chi connectivity index (χ1v) is 15.0. The maximum Gasteiger partial charge on any atom is 0.416 e. The summed E-state index contributed by atoms with van der Waals surface area (Å²) < 4.78 is 51.7. The molecule has 1 fully saturated rings. The van der Waals surface area contributed by atoms with Crippen LogP contribution in [0.4, 0.5) is 13.2 Å². The average molecular weight is 626 g/mol. The van der Waals surface area contributed by atoms with Crippen molar-refractivity contribution in [2.45, 2.75) is 43.9 Å². The van der Waals surface area contributed by atoms with Gasteiger partial charge in [-0.3, -0.25) is 4.79 Å². The summed E-state index contributed by atoms with van der Waals surface area (Å²) >= 11 is 6.20. The summed E-state index contributed by atoms with van der Waals surface area (Å²) in [6, 6.07) is 22.3. The number of alkyl halides is 3. The molecule has 2 aliphatic rings. The molecule has 0 radical (unpaired) electrons. The molecule has 0 aromatic heterocycles. The van der Waals surface area contributed by atoms with Crippen LogP contribution in [0.5, 0.6) is 5.75 Å². The summed E-state index contributed by atoms with van der Waals surface area (Å²) in [5.74, 6) is -0.0349. The summed E-state index contributed by atoms with van der Waals surface area (Å²) in [6.45, 7) is 2.37. The van der Waals surface area contributed by atoms with Gasteiger partial charge in [-0.15, -0.1) is 0 Å². The monoisotopic (exact) mass is 625 g/mol. The highest BCUT2D eigenvalue weighted by Crippen LogP contribution is 2.35. The molecule has 0 spiro atoms. The van der Waals surface area contributed by atoms with E-state index in [1.165, 1.54) is 11.6 Å². The van der Waals surface area contributed by atoms with Gasteiger partial charge >= 0.3 is 6.18 Å². The number of carbonyl (C=O) groups is 1. The molecule has 232 valence electrons. The molecule has 3 aromatic rings. The van der Waals surface area contributed by atoms with E-state index >= 15 is 0 Å². The topological polar surface area (TPSA) is 54.0 Å². The normalized spacial score (nSPS) is 18.9. The van der Waals surface area contributed by atoms with Gasteiger partial charge < -0.3 is 24.6 Å². The minimum Gasteiger partial charge on any atom is -0.465 e. The number of ether oxygens (including phenoxy) is 2.